The van der Waals surface area contributed by atoms with Gasteiger partial charge in [0.1, 0.15) is 5.54 Å². The molecule has 0 spiro atoms. The molecule has 0 heterocycles. The molecule has 1 fully saturated rings. The molecule has 1 aliphatic rings. The van der Waals surface area contributed by atoms with Crippen molar-refractivity contribution >= 4 is 11.7 Å². The highest BCUT2D eigenvalue weighted by Crippen LogP contribution is 2.32. The predicted octanol–water partition coefficient (Wildman–Crippen LogP) is 4.18. The van der Waals surface area contributed by atoms with Crippen LogP contribution in [0.3, 0.4) is 0 Å². The van der Waals surface area contributed by atoms with Crippen LogP contribution in [-0.2, 0) is 10.2 Å². The maximum Gasteiger partial charge on any atom is 0.329 e. The van der Waals surface area contributed by atoms with Crippen LogP contribution in [0.25, 0.3) is 0 Å². The third kappa shape index (κ3) is 3.14. The van der Waals surface area contributed by atoms with Crippen LogP contribution in [-0.4, -0.2) is 16.6 Å². The van der Waals surface area contributed by atoms with E-state index in [0.717, 1.165) is 24.9 Å². The zero-order valence-electron chi connectivity index (χ0n) is 12.7. The van der Waals surface area contributed by atoms with E-state index < -0.39 is 11.5 Å². The third-order valence-electron chi connectivity index (χ3n) is 4.25. The molecule has 3 heteroatoms. The predicted molar refractivity (Wildman–Crippen MR) is 82.2 cm³/mol. The Kier molecular flexibility index (Phi) is 4.07. The second-order valence-electron chi connectivity index (χ2n) is 6.90. The molecule has 0 bridgehead atoms. The highest BCUT2D eigenvalue weighted by molar-refractivity contribution is 5.83. The SMILES string of the molecule is CC(C)(C)c1ccc(NC2(C(=O)O)CCCCC2)cc1. The molecular weight excluding hydrogens is 250 g/mol. The minimum Gasteiger partial charge on any atom is -0.480 e. The normalized spacial score (nSPS) is 18.6. The van der Waals surface area contributed by atoms with E-state index in [1.54, 1.807) is 0 Å². The minimum atomic E-state index is -0.776. The van der Waals surface area contributed by atoms with Gasteiger partial charge in [0.15, 0.2) is 0 Å². The number of rotatable bonds is 3. The molecule has 0 aliphatic heterocycles. The second-order valence-corrected chi connectivity index (χ2v) is 6.90. The van der Waals surface area contributed by atoms with E-state index in [0.29, 0.717) is 12.8 Å². The van der Waals surface area contributed by atoms with E-state index in [-0.39, 0.29) is 5.41 Å². The summed E-state index contributed by atoms with van der Waals surface area (Å²) in [6.45, 7) is 6.53. The summed E-state index contributed by atoms with van der Waals surface area (Å²) in [5.41, 5.74) is 1.51. The van der Waals surface area contributed by atoms with Crippen molar-refractivity contribution in [2.24, 2.45) is 0 Å². The first-order chi connectivity index (χ1) is 9.33. The number of nitrogens with one attached hydrogen (secondary N) is 1. The van der Waals surface area contributed by atoms with E-state index in [1.165, 1.54) is 5.56 Å². The summed E-state index contributed by atoms with van der Waals surface area (Å²) in [5.74, 6) is -0.725. The molecule has 1 aromatic rings. The molecule has 0 amide bonds. The zero-order chi connectivity index (χ0) is 14.8. The van der Waals surface area contributed by atoms with Gasteiger partial charge in [-0.3, -0.25) is 0 Å². The summed E-state index contributed by atoms with van der Waals surface area (Å²) in [4.78, 5) is 11.6. The number of hydrogen-bond donors (Lipinski definition) is 2. The molecule has 1 aliphatic carbocycles. The summed E-state index contributed by atoms with van der Waals surface area (Å²) in [7, 11) is 0. The number of carbonyl (C=O) groups is 1. The zero-order valence-corrected chi connectivity index (χ0v) is 12.7. The molecule has 20 heavy (non-hydrogen) atoms. The maximum atomic E-state index is 11.6. The summed E-state index contributed by atoms with van der Waals surface area (Å²) < 4.78 is 0. The monoisotopic (exact) mass is 275 g/mol. The van der Waals surface area contributed by atoms with Gasteiger partial charge in [-0.15, -0.1) is 0 Å². The van der Waals surface area contributed by atoms with Crippen molar-refractivity contribution < 1.29 is 9.90 Å². The molecule has 1 saturated carbocycles. The van der Waals surface area contributed by atoms with Gasteiger partial charge in [-0.25, -0.2) is 4.79 Å². The number of carboxylic acid groups (broad SMARTS) is 1. The molecule has 0 radical (unpaired) electrons. The van der Waals surface area contributed by atoms with Gasteiger partial charge in [-0.05, 0) is 36.0 Å². The fourth-order valence-electron chi connectivity index (χ4n) is 2.88. The molecular formula is C17H25NO2. The number of hydrogen-bond acceptors (Lipinski definition) is 2. The highest BCUT2D eigenvalue weighted by atomic mass is 16.4. The van der Waals surface area contributed by atoms with Crippen LogP contribution >= 0.6 is 0 Å². The maximum absolute atomic E-state index is 11.6. The smallest absolute Gasteiger partial charge is 0.329 e. The first-order valence-electron chi connectivity index (χ1n) is 7.46. The molecule has 1 aromatic carbocycles. The molecule has 3 nitrogen and oxygen atoms in total. The lowest BCUT2D eigenvalue weighted by Crippen LogP contribution is -2.47. The first kappa shape index (κ1) is 14.9. The van der Waals surface area contributed by atoms with Gasteiger partial charge in [0.25, 0.3) is 0 Å². The standard InChI is InChI=1S/C17H25NO2/c1-16(2,3)13-7-9-14(10-8-13)18-17(15(19)20)11-5-4-6-12-17/h7-10,18H,4-6,11-12H2,1-3H3,(H,19,20). The third-order valence-corrected chi connectivity index (χ3v) is 4.25. The fourth-order valence-corrected chi connectivity index (χ4v) is 2.88. The fraction of sp³-hybridized carbons (Fsp3) is 0.588. The van der Waals surface area contributed by atoms with Gasteiger partial charge >= 0.3 is 5.97 Å². The number of anilines is 1. The Morgan fingerprint density at radius 1 is 1.10 bits per heavy atom. The van der Waals surface area contributed by atoms with Crippen molar-refractivity contribution in [1.82, 2.24) is 0 Å². The summed E-state index contributed by atoms with van der Waals surface area (Å²) in [5, 5.41) is 12.8. The highest BCUT2D eigenvalue weighted by Gasteiger charge is 2.39. The van der Waals surface area contributed by atoms with Gasteiger partial charge in [0.2, 0.25) is 0 Å². The molecule has 0 saturated heterocycles. The van der Waals surface area contributed by atoms with Crippen LogP contribution in [0.15, 0.2) is 24.3 Å². The lowest BCUT2D eigenvalue weighted by atomic mass is 9.81. The van der Waals surface area contributed by atoms with Crippen molar-refractivity contribution in [1.29, 1.82) is 0 Å². The average molecular weight is 275 g/mol. The Hall–Kier alpha value is -1.51. The van der Waals surface area contributed by atoms with Crippen LogP contribution in [0, 0.1) is 0 Å². The van der Waals surface area contributed by atoms with Crippen molar-refractivity contribution in [3.8, 4) is 0 Å². The van der Waals surface area contributed by atoms with Gasteiger partial charge in [0, 0.05) is 5.69 Å². The van der Waals surface area contributed by atoms with Gasteiger partial charge in [-0.2, -0.15) is 0 Å². The largest absolute Gasteiger partial charge is 0.480 e. The minimum absolute atomic E-state index is 0.119. The topological polar surface area (TPSA) is 49.3 Å². The Bertz CT molecular complexity index is 465. The Morgan fingerprint density at radius 3 is 2.10 bits per heavy atom. The first-order valence-corrected chi connectivity index (χ1v) is 7.46. The van der Waals surface area contributed by atoms with Crippen LogP contribution in [0.5, 0.6) is 0 Å². The summed E-state index contributed by atoms with van der Waals surface area (Å²) in [6.07, 6.45) is 4.53. The summed E-state index contributed by atoms with van der Waals surface area (Å²) in [6, 6.07) is 8.17. The van der Waals surface area contributed by atoms with Gasteiger partial charge in [-0.1, -0.05) is 52.2 Å². The van der Waals surface area contributed by atoms with Crippen molar-refractivity contribution in [2.75, 3.05) is 5.32 Å². The lowest BCUT2D eigenvalue weighted by molar-refractivity contribution is -0.143. The molecule has 0 atom stereocenters. The van der Waals surface area contributed by atoms with Crippen LogP contribution < -0.4 is 5.32 Å². The molecule has 2 rings (SSSR count). The number of benzene rings is 1. The van der Waals surface area contributed by atoms with E-state index in [9.17, 15) is 9.90 Å². The molecule has 110 valence electrons. The quantitative estimate of drug-likeness (QED) is 0.870. The average Bonchev–Trinajstić information content (AvgIpc) is 2.39. The van der Waals surface area contributed by atoms with Crippen molar-refractivity contribution in [2.45, 2.75) is 63.8 Å². The Morgan fingerprint density at radius 2 is 1.65 bits per heavy atom. The molecule has 2 N–H and O–H groups in total. The molecule has 0 aromatic heterocycles. The Labute approximate surface area is 121 Å². The van der Waals surface area contributed by atoms with E-state index in [4.69, 9.17) is 0 Å². The second kappa shape index (κ2) is 5.47. The molecule has 0 unspecified atom stereocenters. The number of aliphatic carboxylic acids is 1. The lowest BCUT2D eigenvalue weighted by Gasteiger charge is -2.35. The van der Waals surface area contributed by atoms with Crippen molar-refractivity contribution in [3.05, 3.63) is 29.8 Å². The van der Waals surface area contributed by atoms with E-state index >= 15 is 0 Å². The number of carboxylic acids is 1. The van der Waals surface area contributed by atoms with E-state index in [2.05, 4.69) is 38.2 Å². The van der Waals surface area contributed by atoms with Crippen LogP contribution in [0.4, 0.5) is 5.69 Å². The van der Waals surface area contributed by atoms with Crippen LogP contribution in [0.1, 0.15) is 58.4 Å². The van der Waals surface area contributed by atoms with Crippen molar-refractivity contribution in [3.63, 3.8) is 0 Å². The van der Waals surface area contributed by atoms with Gasteiger partial charge in [0.05, 0.1) is 0 Å². The van der Waals surface area contributed by atoms with E-state index in [1.807, 2.05) is 12.1 Å². The summed E-state index contributed by atoms with van der Waals surface area (Å²) >= 11 is 0. The van der Waals surface area contributed by atoms with Gasteiger partial charge < -0.3 is 10.4 Å². The van der Waals surface area contributed by atoms with Crippen LogP contribution in [0.2, 0.25) is 0 Å². The Balaban J connectivity index is 2.17.